The van der Waals surface area contributed by atoms with Crippen LogP contribution in [0.2, 0.25) is 0 Å². The monoisotopic (exact) mass is 376 g/mol. The van der Waals surface area contributed by atoms with Gasteiger partial charge in [-0.1, -0.05) is 48.5 Å². The van der Waals surface area contributed by atoms with Gasteiger partial charge >= 0.3 is 0 Å². The molecule has 0 aliphatic rings. The van der Waals surface area contributed by atoms with Crippen LogP contribution in [0.15, 0.2) is 67.0 Å². The van der Waals surface area contributed by atoms with Gasteiger partial charge in [-0.15, -0.1) is 0 Å². The second kappa shape index (κ2) is 10.1. The fourth-order valence-corrected chi connectivity index (χ4v) is 2.87. The van der Waals surface area contributed by atoms with Crippen molar-refractivity contribution in [1.82, 2.24) is 15.3 Å². The molecule has 2 aromatic carbocycles. The number of para-hydroxylation sites is 1. The van der Waals surface area contributed by atoms with Crippen molar-refractivity contribution < 1.29 is 9.53 Å². The predicted octanol–water partition coefficient (Wildman–Crippen LogP) is 3.11. The van der Waals surface area contributed by atoms with Gasteiger partial charge in [-0.3, -0.25) is 4.79 Å². The van der Waals surface area contributed by atoms with Crippen molar-refractivity contribution in [2.24, 2.45) is 0 Å². The quantitative estimate of drug-likeness (QED) is 0.600. The molecule has 28 heavy (non-hydrogen) atoms. The fourth-order valence-electron chi connectivity index (χ4n) is 2.87. The van der Waals surface area contributed by atoms with Gasteiger partial charge in [0.1, 0.15) is 23.6 Å². The number of rotatable bonds is 9. The molecule has 6 heteroatoms. The Morgan fingerprint density at radius 2 is 1.75 bits per heavy atom. The zero-order valence-corrected chi connectivity index (χ0v) is 15.9. The van der Waals surface area contributed by atoms with Crippen LogP contribution in [-0.4, -0.2) is 36.1 Å². The van der Waals surface area contributed by atoms with Crippen molar-refractivity contribution in [3.05, 3.63) is 83.8 Å². The third-order valence-electron chi connectivity index (χ3n) is 4.33. The van der Waals surface area contributed by atoms with E-state index < -0.39 is 0 Å². The van der Waals surface area contributed by atoms with Gasteiger partial charge in [0.25, 0.3) is 5.91 Å². The van der Waals surface area contributed by atoms with E-state index in [1.807, 2.05) is 42.5 Å². The lowest BCUT2D eigenvalue weighted by molar-refractivity contribution is 0.0949. The fraction of sp³-hybridized carbons (Fsp3) is 0.227. The summed E-state index contributed by atoms with van der Waals surface area (Å²) in [5, 5.41) is 6.13. The molecule has 0 aliphatic carbocycles. The highest BCUT2D eigenvalue weighted by Crippen LogP contribution is 2.17. The molecule has 3 aromatic rings. The van der Waals surface area contributed by atoms with Gasteiger partial charge in [-0.2, -0.15) is 0 Å². The Morgan fingerprint density at radius 3 is 2.57 bits per heavy atom. The summed E-state index contributed by atoms with van der Waals surface area (Å²) in [5.74, 6) is 1.24. The number of anilines is 1. The number of hydrogen-bond acceptors (Lipinski definition) is 5. The van der Waals surface area contributed by atoms with Crippen molar-refractivity contribution in [1.29, 1.82) is 0 Å². The average Bonchev–Trinajstić information content (AvgIpc) is 2.75. The highest BCUT2D eigenvalue weighted by atomic mass is 16.5. The van der Waals surface area contributed by atoms with E-state index in [-0.39, 0.29) is 5.91 Å². The number of hydrogen-bond donors (Lipinski definition) is 2. The van der Waals surface area contributed by atoms with E-state index in [0.29, 0.717) is 24.5 Å². The van der Waals surface area contributed by atoms with Crippen LogP contribution < -0.4 is 15.4 Å². The van der Waals surface area contributed by atoms with Gasteiger partial charge in [0.2, 0.25) is 0 Å². The number of amides is 1. The van der Waals surface area contributed by atoms with Gasteiger partial charge < -0.3 is 15.4 Å². The standard InChI is InChI=1S/C22H24N4O2/c1-28-20-10-6-5-9-18(20)12-14-24-22(27)19-15-21(26-16-25-19)23-13-11-17-7-3-2-4-8-17/h2-10,15-16H,11-14H2,1H3,(H,24,27)(H,23,25,26). The lowest BCUT2D eigenvalue weighted by Crippen LogP contribution is -2.26. The summed E-state index contributed by atoms with van der Waals surface area (Å²) in [6.45, 7) is 1.23. The molecule has 0 radical (unpaired) electrons. The van der Waals surface area contributed by atoms with E-state index in [1.54, 1.807) is 13.2 Å². The molecule has 0 fully saturated rings. The summed E-state index contributed by atoms with van der Waals surface area (Å²) in [7, 11) is 1.64. The van der Waals surface area contributed by atoms with E-state index in [0.717, 1.165) is 24.3 Å². The van der Waals surface area contributed by atoms with E-state index in [2.05, 4.69) is 32.7 Å². The van der Waals surface area contributed by atoms with Crippen LogP contribution in [0, 0.1) is 0 Å². The van der Waals surface area contributed by atoms with Gasteiger partial charge in [0.05, 0.1) is 7.11 Å². The molecule has 1 amide bonds. The average molecular weight is 376 g/mol. The molecule has 0 saturated heterocycles. The first-order valence-electron chi connectivity index (χ1n) is 9.26. The molecule has 0 aliphatic heterocycles. The van der Waals surface area contributed by atoms with E-state index >= 15 is 0 Å². The molecule has 0 bridgehead atoms. The lowest BCUT2D eigenvalue weighted by atomic mass is 10.1. The Hall–Kier alpha value is -3.41. The van der Waals surface area contributed by atoms with Gasteiger partial charge in [0.15, 0.2) is 0 Å². The summed E-state index contributed by atoms with van der Waals surface area (Å²) in [6, 6.07) is 19.7. The Balaban J connectivity index is 1.49. The minimum atomic E-state index is -0.219. The number of benzene rings is 2. The van der Waals surface area contributed by atoms with Crippen LogP contribution in [-0.2, 0) is 12.8 Å². The summed E-state index contributed by atoms with van der Waals surface area (Å²) in [4.78, 5) is 20.6. The Bertz CT molecular complexity index is 900. The van der Waals surface area contributed by atoms with Gasteiger partial charge in [-0.25, -0.2) is 9.97 Å². The van der Waals surface area contributed by atoms with E-state index in [9.17, 15) is 4.79 Å². The zero-order valence-electron chi connectivity index (χ0n) is 15.9. The largest absolute Gasteiger partial charge is 0.496 e. The lowest BCUT2D eigenvalue weighted by Gasteiger charge is -2.10. The molecule has 1 aromatic heterocycles. The van der Waals surface area contributed by atoms with Crippen molar-refractivity contribution in [3.63, 3.8) is 0 Å². The smallest absolute Gasteiger partial charge is 0.270 e. The Labute approximate surface area is 165 Å². The number of aromatic nitrogens is 2. The highest BCUT2D eigenvalue weighted by Gasteiger charge is 2.09. The summed E-state index contributed by atoms with van der Waals surface area (Å²) in [6.07, 6.45) is 2.97. The number of carbonyl (C=O) groups is 1. The zero-order chi connectivity index (χ0) is 19.6. The molecule has 144 valence electrons. The number of carbonyl (C=O) groups excluding carboxylic acids is 1. The number of ether oxygens (including phenoxy) is 1. The van der Waals surface area contributed by atoms with Crippen LogP contribution in [0.3, 0.4) is 0 Å². The number of methoxy groups -OCH3 is 1. The molecule has 6 nitrogen and oxygen atoms in total. The van der Waals surface area contributed by atoms with Crippen LogP contribution in [0.5, 0.6) is 5.75 Å². The van der Waals surface area contributed by atoms with Crippen LogP contribution in [0.1, 0.15) is 21.6 Å². The number of nitrogens with zero attached hydrogens (tertiary/aromatic N) is 2. The molecule has 3 rings (SSSR count). The SMILES string of the molecule is COc1ccccc1CCNC(=O)c1cc(NCCc2ccccc2)ncn1. The maximum Gasteiger partial charge on any atom is 0.270 e. The topological polar surface area (TPSA) is 76.1 Å². The molecule has 0 saturated carbocycles. The van der Waals surface area contributed by atoms with Gasteiger partial charge in [0, 0.05) is 19.2 Å². The Kier molecular flexibility index (Phi) is 6.95. The third kappa shape index (κ3) is 5.54. The summed E-state index contributed by atoms with van der Waals surface area (Å²) < 4.78 is 5.33. The van der Waals surface area contributed by atoms with Crippen LogP contribution in [0.25, 0.3) is 0 Å². The molecular weight excluding hydrogens is 352 g/mol. The van der Waals surface area contributed by atoms with Crippen molar-refractivity contribution in [3.8, 4) is 5.75 Å². The third-order valence-corrected chi connectivity index (χ3v) is 4.33. The van der Waals surface area contributed by atoms with Crippen molar-refractivity contribution >= 4 is 11.7 Å². The maximum atomic E-state index is 12.4. The Morgan fingerprint density at radius 1 is 0.964 bits per heavy atom. The summed E-state index contributed by atoms with van der Waals surface area (Å²) >= 11 is 0. The van der Waals surface area contributed by atoms with Gasteiger partial charge in [-0.05, 0) is 30.0 Å². The van der Waals surface area contributed by atoms with Crippen LogP contribution >= 0.6 is 0 Å². The summed E-state index contributed by atoms with van der Waals surface area (Å²) in [5.41, 5.74) is 2.65. The van der Waals surface area contributed by atoms with E-state index in [4.69, 9.17) is 4.74 Å². The molecule has 2 N–H and O–H groups in total. The molecule has 0 atom stereocenters. The van der Waals surface area contributed by atoms with Crippen molar-refractivity contribution in [2.45, 2.75) is 12.8 Å². The van der Waals surface area contributed by atoms with E-state index in [1.165, 1.54) is 11.9 Å². The molecule has 1 heterocycles. The molecule has 0 unspecified atom stereocenters. The first-order valence-corrected chi connectivity index (χ1v) is 9.26. The number of nitrogens with one attached hydrogen (secondary N) is 2. The normalized spacial score (nSPS) is 10.3. The minimum absolute atomic E-state index is 0.219. The second-order valence-corrected chi connectivity index (χ2v) is 6.27. The second-order valence-electron chi connectivity index (χ2n) is 6.27. The molecular formula is C22H24N4O2. The predicted molar refractivity (Wildman–Crippen MR) is 110 cm³/mol. The first kappa shape index (κ1) is 19.4. The van der Waals surface area contributed by atoms with Crippen LogP contribution in [0.4, 0.5) is 5.82 Å². The first-order chi connectivity index (χ1) is 13.8. The van der Waals surface area contributed by atoms with Crippen molar-refractivity contribution in [2.75, 3.05) is 25.5 Å². The highest BCUT2D eigenvalue weighted by molar-refractivity contribution is 5.92. The minimum Gasteiger partial charge on any atom is -0.496 e. The molecule has 0 spiro atoms. The maximum absolute atomic E-state index is 12.4.